The van der Waals surface area contributed by atoms with E-state index in [1.54, 1.807) is 30.3 Å². The lowest BCUT2D eigenvalue weighted by atomic mass is 10.2. The number of methoxy groups -OCH3 is 1. The summed E-state index contributed by atoms with van der Waals surface area (Å²) in [4.78, 5) is 25.3. The molecule has 0 radical (unpaired) electrons. The molecule has 0 saturated carbocycles. The smallest absolute Gasteiger partial charge is 0.261 e. The number of benzene rings is 2. The van der Waals surface area contributed by atoms with Crippen molar-refractivity contribution in [3.63, 3.8) is 0 Å². The first-order valence-corrected chi connectivity index (χ1v) is 11.0. The van der Waals surface area contributed by atoms with Crippen LogP contribution in [0.1, 0.15) is 15.9 Å². The SMILES string of the molecule is COc1cc(C=O)ccc1OCC(=O)N1CCNCC1S(=O)(=O)c1ccc(C)cc1. The zero-order valence-corrected chi connectivity index (χ0v) is 17.6. The molecule has 1 aliphatic rings. The van der Waals surface area contributed by atoms with Crippen LogP contribution in [0, 0.1) is 6.92 Å². The number of carbonyl (C=O) groups is 2. The Balaban J connectivity index is 1.77. The normalized spacial score (nSPS) is 16.7. The number of hydrogen-bond acceptors (Lipinski definition) is 7. The van der Waals surface area contributed by atoms with Gasteiger partial charge in [0.2, 0.25) is 9.84 Å². The molecule has 1 aliphatic heterocycles. The molecule has 8 nitrogen and oxygen atoms in total. The molecule has 160 valence electrons. The Morgan fingerprint density at radius 1 is 1.20 bits per heavy atom. The van der Waals surface area contributed by atoms with Gasteiger partial charge in [0.25, 0.3) is 5.91 Å². The summed E-state index contributed by atoms with van der Waals surface area (Å²) >= 11 is 0. The number of sulfone groups is 1. The van der Waals surface area contributed by atoms with Gasteiger partial charge in [-0.05, 0) is 37.3 Å². The maximum Gasteiger partial charge on any atom is 0.261 e. The lowest BCUT2D eigenvalue weighted by Gasteiger charge is -2.35. The summed E-state index contributed by atoms with van der Waals surface area (Å²) in [6.45, 7) is 2.40. The third kappa shape index (κ3) is 4.63. The number of aldehydes is 1. The highest BCUT2D eigenvalue weighted by Gasteiger charge is 2.37. The van der Waals surface area contributed by atoms with Crippen molar-refractivity contribution in [3.05, 3.63) is 53.6 Å². The first-order chi connectivity index (χ1) is 14.4. The van der Waals surface area contributed by atoms with Crippen molar-refractivity contribution < 1.29 is 27.5 Å². The Morgan fingerprint density at radius 3 is 2.60 bits per heavy atom. The third-order valence-corrected chi connectivity index (χ3v) is 6.97. The Bertz CT molecular complexity index is 1020. The van der Waals surface area contributed by atoms with Crippen molar-refractivity contribution in [1.29, 1.82) is 0 Å². The van der Waals surface area contributed by atoms with Crippen LogP contribution in [0.5, 0.6) is 11.5 Å². The minimum atomic E-state index is -3.75. The number of amides is 1. The predicted octanol–water partition coefficient (Wildman–Crippen LogP) is 1.43. The van der Waals surface area contributed by atoms with E-state index < -0.39 is 21.1 Å². The fourth-order valence-electron chi connectivity index (χ4n) is 3.23. The highest BCUT2D eigenvalue weighted by atomic mass is 32.2. The second-order valence-electron chi connectivity index (χ2n) is 6.92. The monoisotopic (exact) mass is 432 g/mol. The van der Waals surface area contributed by atoms with E-state index in [1.807, 2.05) is 6.92 Å². The van der Waals surface area contributed by atoms with Gasteiger partial charge in [-0.15, -0.1) is 0 Å². The molecule has 30 heavy (non-hydrogen) atoms. The molecule has 9 heteroatoms. The highest BCUT2D eigenvalue weighted by Crippen LogP contribution is 2.28. The van der Waals surface area contributed by atoms with Crippen molar-refractivity contribution in [2.75, 3.05) is 33.4 Å². The van der Waals surface area contributed by atoms with E-state index >= 15 is 0 Å². The molecule has 3 rings (SSSR count). The van der Waals surface area contributed by atoms with Crippen LogP contribution >= 0.6 is 0 Å². The van der Waals surface area contributed by atoms with Crippen LogP contribution in [0.3, 0.4) is 0 Å². The molecule has 1 N–H and O–H groups in total. The van der Waals surface area contributed by atoms with E-state index in [0.717, 1.165) is 5.56 Å². The number of aryl methyl sites for hydroxylation is 1. The van der Waals surface area contributed by atoms with Crippen LogP contribution in [0.15, 0.2) is 47.4 Å². The van der Waals surface area contributed by atoms with E-state index in [1.165, 1.54) is 24.1 Å². The van der Waals surface area contributed by atoms with Crippen LogP contribution in [0.25, 0.3) is 0 Å². The van der Waals surface area contributed by atoms with Gasteiger partial charge in [-0.2, -0.15) is 0 Å². The minimum absolute atomic E-state index is 0.138. The Kier molecular flexibility index (Phi) is 6.73. The van der Waals surface area contributed by atoms with Gasteiger partial charge in [-0.25, -0.2) is 8.42 Å². The fourth-order valence-corrected chi connectivity index (χ4v) is 4.95. The zero-order chi connectivity index (χ0) is 21.7. The minimum Gasteiger partial charge on any atom is -0.493 e. The maximum atomic E-state index is 13.1. The number of nitrogens with zero attached hydrogens (tertiary/aromatic N) is 1. The van der Waals surface area contributed by atoms with E-state index in [9.17, 15) is 18.0 Å². The Morgan fingerprint density at radius 2 is 1.93 bits per heavy atom. The molecule has 1 amide bonds. The molecule has 1 saturated heterocycles. The number of hydrogen-bond donors (Lipinski definition) is 1. The van der Waals surface area contributed by atoms with Crippen molar-refractivity contribution >= 4 is 22.0 Å². The molecular weight excluding hydrogens is 408 g/mol. The molecule has 0 aliphatic carbocycles. The van der Waals surface area contributed by atoms with Gasteiger partial charge >= 0.3 is 0 Å². The third-order valence-electron chi connectivity index (χ3n) is 4.90. The van der Waals surface area contributed by atoms with E-state index in [2.05, 4.69) is 5.32 Å². The van der Waals surface area contributed by atoms with Gasteiger partial charge in [0.1, 0.15) is 6.29 Å². The Labute approximate surface area is 175 Å². The summed E-state index contributed by atoms with van der Waals surface area (Å²) in [7, 11) is -2.32. The van der Waals surface area contributed by atoms with Crippen molar-refractivity contribution in [1.82, 2.24) is 10.2 Å². The first kappa shape index (κ1) is 21.8. The lowest BCUT2D eigenvalue weighted by Crippen LogP contribution is -2.57. The summed E-state index contributed by atoms with van der Waals surface area (Å²) < 4.78 is 37.0. The average molecular weight is 432 g/mol. The molecule has 1 fully saturated rings. The van der Waals surface area contributed by atoms with Gasteiger partial charge in [-0.3, -0.25) is 9.59 Å². The standard InChI is InChI=1S/C21H24N2O6S/c1-15-3-6-17(7-4-15)30(26,27)21-12-22-9-10-23(21)20(25)14-29-18-8-5-16(13-24)11-19(18)28-2/h3-8,11,13,21-22H,9-10,12,14H2,1-2H3. The molecule has 2 aromatic carbocycles. The number of carbonyl (C=O) groups excluding carboxylic acids is 2. The van der Waals surface area contributed by atoms with Crippen LogP contribution in [0.2, 0.25) is 0 Å². The van der Waals surface area contributed by atoms with Gasteiger partial charge in [0, 0.05) is 25.2 Å². The van der Waals surface area contributed by atoms with Crippen LogP contribution in [-0.2, 0) is 14.6 Å². The summed E-state index contributed by atoms with van der Waals surface area (Å²) in [6, 6.07) is 11.2. The maximum absolute atomic E-state index is 13.1. The van der Waals surface area contributed by atoms with E-state index in [4.69, 9.17) is 9.47 Å². The first-order valence-electron chi connectivity index (χ1n) is 9.43. The number of ether oxygens (including phenoxy) is 2. The van der Waals surface area contributed by atoms with Gasteiger partial charge < -0.3 is 19.7 Å². The van der Waals surface area contributed by atoms with Crippen LogP contribution in [-0.4, -0.2) is 64.2 Å². The van der Waals surface area contributed by atoms with Gasteiger partial charge in [0.15, 0.2) is 23.5 Å². The summed E-state index contributed by atoms with van der Waals surface area (Å²) in [5, 5.41) is 2.02. The van der Waals surface area contributed by atoms with Crippen LogP contribution in [0.4, 0.5) is 0 Å². The molecule has 1 unspecified atom stereocenters. The van der Waals surface area contributed by atoms with E-state index in [-0.39, 0.29) is 24.6 Å². The molecule has 0 bridgehead atoms. The lowest BCUT2D eigenvalue weighted by molar-refractivity contribution is -0.134. The van der Waals surface area contributed by atoms with Crippen molar-refractivity contribution in [3.8, 4) is 11.5 Å². The molecule has 2 aromatic rings. The average Bonchev–Trinajstić information content (AvgIpc) is 2.77. The Hall–Kier alpha value is -2.91. The molecule has 0 spiro atoms. The van der Waals surface area contributed by atoms with Gasteiger partial charge in [0.05, 0.1) is 12.0 Å². The zero-order valence-electron chi connectivity index (χ0n) is 16.8. The summed E-state index contributed by atoms with van der Waals surface area (Å²) in [5.41, 5.74) is 1.36. The summed E-state index contributed by atoms with van der Waals surface area (Å²) in [6.07, 6.45) is 0.679. The van der Waals surface area contributed by atoms with Crippen LogP contribution < -0.4 is 14.8 Å². The van der Waals surface area contributed by atoms with E-state index in [0.29, 0.717) is 29.9 Å². The van der Waals surface area contributed by atoms with Gasteiger partial charge in [-0.1, -0.05) is 17.7 Å². The predicted molar refractivity (Wildman–Crippen MR) is 111 cm³/mol. The molecule has 1 heterocycles. The quantitative estimate of drug-likeness (QED) is 0.661. The number of piperazine rings is 1. The highest BCUT2D eigenvalue weighted by molar-refractivity contribution is 7.92. The molecular formula is C21H24N2O6S. The number of rotatable bonds is 7. The molecule has 0 aromatic heterocycles. The fraction of sp³-hybridized carbons (Fsp3) is 0.333. The second kappa shape index (κ2) is 9.27. The topological polar surface area (TPSA) is 102 Å². The largest absolute Gasteiger partial charge is 0.493 e. The van der Waals surface area contributed by atoms with Crippen molar-refractivity contribution in [2.24, 2.45) is 0 Å². The summed E-state index contributed by atoms with van der Waals surface area (Å²) in [5.74, 6) is 0.166. The number of nitrogens with one attached hydrogen (secondary N) is 1. The molecule has 1 atom stereocenters. The van der Waals surface area contributed by atoms with Crippen molar-refractivity contribution in [2.45, 2.75) is 17.2 Å². The second-order valence-corrected chi connectivity index (χ2v) is 9.03.